The molecule has 2 rings (SSSR count). The average molecular weight is 337 g/mol. The van der Waals surface area contributed by atoms with E-state index in [9.17, 15) is 4.79 Å². The van der Waals surface area contributed by atoms with Crippen molar-refractivity contribution < 1.29 is 13.9 Å². The summed E-state index contributed by atoms with van der Waals surface area (Å²) in [5, 5.41) is 14.7. The van der Waals surface area contributed by atoms with Gasteiger partial charge in [0.1, 0.15) is 0 Å². The molecule has 126 valence electrons. The molecular weight excluding hydrogens is 314 g/mol. The molecule has 23 heavy (non-hydrogen) atoms. The Morgan fingerprint density at radius 3 is 3.04 bits per heavy atom. The van der Waals surface area contributed by atoms with Gasteiger partial charge >= 0.3 is 0 Å². The molecule has 7 heteroatoms. The highest BCUT2D eigenvalue weighted by Crippen LogP contribution is 2.20. The molecule has 0 atom stereocenters. The van der Waals surface area contributed by atoms with Crippen molar-refractivity contribution in [2.75, 3.05) is 19.8 Å². The van der Waals surface area contributed by atoms with Crippen LogP contribution in [0.5, 0.6) is 0 Å². The first-order valence-corrected chi connectivity index (χ1v) is 8.79. The first kappa shape index (κ1) is 17.6. The van der Waals surface area contributed by atoms with Crippen LogP contribution in [0.3, 0.4) is 0 Å². The second-order valence-corrected chi connectivity index (χ2v) is 6.47. The van der Waals surface area contributed by atoms with Crippen molar-refractivity contribution in [3.8, 4) is 11.5 Å². The van der Waals surface area contributed by atoms with Crippen LogP contribution in [0.15, 0.2) is 21.2 Å². The van der Waals surface area contributed by atoms with Crippen molar-refractivity contribution in [1.82, 2.24) is 15.5 Å². The topological polar surface area (TPSA) is 77.2 Å². The minimum atomic E-state index is -0.0101. The van der Waals surface area contributed by atoms with Gasteiger partial charge in [0.05, 0.1) is 0 Å². The van der Waals surface area contributed by atoms with Crippen LogP contribution in [-0.2, 0) is 16.0 Å². The molecule has 2 heterocycles. The minimum Gasteiger partial charge on any atom is -0.421 e. The predicted octanol–water partition coefficient (Wildman–Crippen LogP) is 2.91. The number of amides is 1. The third kappa shape index (κ3) is 6.50. The summed E-state index contributed by atoms with van der Waals surface area (Å²) < 4.78 is 11.0. The van der Waals surface area contributed by atoms with Crippen molar-refractivity contribution >= 4 is 17.2 Å². The van der Waals surface area contributed by atoms with Crippen LogP contribution in [0.25, 0.3) is 11.5 Å². The molecule has 1 N–H and O–H groups in total. The lowest BCUT2D eigenvalue weighted by molar-refractivity contribution is -0.121. The summed E-state index contributed by atoms with van der Waals surface area (Å²) in [5.41, 5.74) is 0.916. The van der Waals surface area contributed by atoms with Gasteiger partial charge in [-0.2, -0.15) is 11.3 Å². The molecule has 2 aromatic heterocycles. The SMILES string of the molecule is CC(C)COCCCNC(=O)CCc1nnc(-c2ccsc2)o1. The number of aryl methyl sites for hydroxylation is 1. The molecule has 0 aliphatic rings. The van der Waals surface area contributed by atoms with Gasteiger partial charge in [0.15, 0.2) is 0 Å². The van der Waals surface area contributed by atoms with Gasteiger partial charge in [0.25, 0.3) is 0 Å². The standard InChI is InChI=1S/C16H23N3O3S/c1-12(2)10-21-8-3-7-17-14(20)4-5-15-18-19-16(22-15)13-6-9-23-11-13/h6,9,11-12H,3-5,7-8,10H2,1-2H3,(H,17,20). The zero-order valence-electron chi connectivity index (χ0n) is 13.6. The van der Waals surface area contributed by atoms with E-state index in [1.807, 2.05) is 16.8 Å². The molecule has 0 aliphatic carbocycles. The van der Waals surface area contributed by atoms with Gasteiger partial charge < -0.3 is 14.5 Å². The number of thiophene rings is 1. The molecule has 6 nitrogen and oxygen atoms in total. The van der Waals surface area contributed by atoms with Crippen molar-refractivity contribution in [2.24, 2.45) is 5.92 Å². The van der Waals surface area contributed by atoms with Crippen molar-refractivity contribution in [3.63, 3.8) is 0 Å². The Bertz CT molecular complexity index is 581. The first-order valence-electron chi connectivity index (χ1n) is 7.84. The van der Waals surface area contributed by atoms with Crippen molar-refractivity contribution in [2.45, 2.75) is 33.1 Å². The Labute approximate surface area is 140 Å². The molecule has 0 aliphatic heterocycles. The maximum atomic E-state index is 11.8. The number of nitrogens with zero attached hydrogens (tertiary/aromatic N) is 2. The van der Waals surface area contributed by atoms with Crippen LogP contribution in [0.2, 0.25) is 0 Å². The monoisotopic (exact) mass is 337 g/mol. The van der Waals surface area contributed by atoms with Crippen LogP contribution in [-0.4, -0.2) is 35.9 Å². The second kappa shape index (κ2) is 9.42. The van der Waals surface area contributed by atoms with Crippen LogP contribution in [0.4, 0.5) is 0 Å². The Morgan fingerprint density at radius 2 is 2.30 bits per heavy atom. The molecule has 0 aromatic carbocycles. The Balaban J connectivity index is 1.59. The molecule has 0 radical (unpaired) electrons. The van der Waals surface area contributed by atoms with Crippen molar-refractivity contribution in [1.29, 1.82) is 0 Å². The van der Waals surface area contributed by atoms with Gasteiger partial charge in [-0.15, -0.1) is 10.2 Å². The number of aromatic nitrogens is 2. The smallest absolute Gasteiger partial charge is 0.248 e. The highest BCUT2D eigenvalue weighted by atomic mass is 32.1. The number of carbonyl (C=O) groups is 1. The molecule has 0 saturated heterocycles. The summed E-state index contributed by atoms with van der Waals surface area (Å²) >= 11 is 1.58. The van der Waals surface area contributed by atoms with Crippen LogP contribution in [0, 0.1) is 5.92 Å². The lowest BCUT2D eigenvalue weighted by Gasteiger charge is -2.07. The van der Waals surface area contributed by atoms with Gasteiger partial charge in [0, 0.05) is 43.5 Å². The van der Waals surface area contributed by atoms with E-state index in [0.29, 0.717) is 43.7 Å². The molecule has 0 saturated carbocycles. The van der Waals surface area contributed by atoms with E-state index in [4.69, 9.17) is 9.15 Å². The quantitative estimate of drug-likeness (QED) is 0.675. The van der Waals surface area contributed by atoms with Gasteiger partial charge in [-0.05, 0) is 23.8 Å². The van der Waals surface area contributed by atoms with Crippen LogP contribution >= 0.6 is 11.3 Å². The number of ether oxygens (including phenoxy) is 1. The Morgan fingerprint density at radius 1 is 1.43 bits per heavy atom. The van der Waals surface area contributed by atoms with Gasteiger partial charge in [-0.25, -0.2) is 0 Å². The fraction of sp³-hybridized carbons (Fsp3) is 0.562. The molecule has 1 amide bonds. The third-order valence-electron chi connectivity index (χ3n) is 3.04. The summed E-state index contributed by atoms with van der Waals surface area (Å²) in [4.78, 5) is 11.8. The van der Waals surface area contributed by atoms with Gasteiger partial charge in [-0.1, -0.05) is 13.8 Å². The lowest BCUT2D eigenvalue weighted by atomic mass is 10.2. The Hall–Kier alpha value is -1.73. The number of carbonyl (C=O) groups excluding carboxylic acids is 1. The summed E-state index contributed by atoms with van der Waals surface area (Å²) in [6.45, 7) is 6.29. The highest BCUT2D eigenvalue weighted by molar-refractivity contribution is 7.08. The summed E-state index contributed by atoms with van der Waals surface area (Å²) in [7, 11) is 0. The average Bonchev–Trinajstić information content (AvgIpc) is 3.18. The summed E-state index contributed by atoms with van der Waals surface area (Å²) in [6.07, 6.45) is 1.62. The van der Waals surface area contributed by atoms with Crippen molar-refractivity contribution in [3.05, 3.63) is 22.7 Å². The van der Waals surface area contributed by atoms with Gasteiger partial charge in [-0.3, -0.25) is 4.79 Å². The largest absolute Gasteiger partial charge is 0.421 e. The molecule has 0 spiro atoms. The molecule has 2 aromatic rings. The molecular formula is C16H23N3O3S. The zero-order valence-corrected chi connectivity index (χ0v) is 14.4. The maximum absolute atomic E-state index is 11.8. The van der Waals surface area contributed by atoms with E-state index in [0.717, 1.165) is 18.6 Å². The van der Waals surface area contributed by atoms with E-state index >= 15 is 0 Å². The van der Waals surface area contributed by atoms with E-state index in [-0.39, 0.29) is 5.91 Å². The third-order valence-corrected chi connectivity index (χ3v) is 3.72. The fourth-order valence-corrected chi connectivity index (χ4v) is 2.52. The minimum absolute atomic E-state index is 0.0101. The Kier molecular flexibility index (Phi) is 7.22. The number of hydrogen-bond donors (Lipinski definition) is 1. The van der Waals surface area contributed by atoms with E-state index < -0.39 is 0 Å². The molecule has 0 fully saturated rings. The second-order valence-electron chi connectivity index (χ2n) is 5.69. The van der Waals surface area contributed by atoms with Crippen LogP contribution in [0.1, 0.15) is 32.6 Å². The number of rotatable bonds is 10. The van der Waals surface area contributed by atoms with E-state index in [2.05, 4.69) is 29.4 Å². The number of hydrogen-bond acceptors (Lipinski definition) is 6. The summed E-state index contributed by atoms with van der Waals surface area (Å²) in [6, 6.07) is 1.93. The van der Waals surface area contributed by atoms with E-state index in [1.165, 1.54) is 0 Å². The number of nitrogens with one attached hydrogen (secondary N) is 1. The fourth-order valence-electron chi connectivity index (χ4n) is 1.89. The van der Waals surface area contributed by atoms with Crippen LogP contribution < -0.4 is 5.32 Å². The first-order chi connectivity index (χ1) is 11.1. The van der Waals surface area contributed by atoms with Gasteiger partial charge in [0.2, 0.25) is 17.7 Å². The van der Waals surface area contributed by atoms with E-state index in [1.54, 1.807) is 11.3 Å². The lowest BCUT2D eigenvalue weighted by Crippen LogP contribution is -2.25. The zero-order chi connectivity index (χ0) is 16.5. The predicted molar refractivity (Wildman–Crippen MR) is 89.2 cm³/mol. The molecule has 0 unspecified atom stereocenters. The molecule has 0 bridgehead atoms. The highest BCUT2D eigenvalue weighted by Gasteiger charge is 2.10. The maximum Gasteiger partial charge on any atom is 0.248 e. The summed E-state index contributed by atoms with van der Waals surface area (Å²) in [5.74, 6) is 1.52. The normalized spacial score (nSPS) is 11.1.